The Morgan fingerprint density at radius 3 is 2.88 bits per heavy atom. The number of carboxylic acid groups (broad SMARTS) is 1. The van der Waals surface area contributed by atoms with Crippen molar-refractivity contribution >= 4 is 11.7 Å². The van der Waals surface area contributed by atoms with Crippen LogP contribution in [0.1, 0.15) is 48.3 Å². The van der Waals surface area contributed by atoms with Crippen LogP contribution < -0.4 is 0 Å². The lowest BCUT2D eigenvalue weighted by Crippen LogP contribution is -2.05. The second kappa shape index (κ2) is 4.15. The zero-order chi connectivity index (χ0) is 12.6. The van der Waals surface area contributed by atoms with Crippen LogP contribution in [0.3, 0.4) is 0 Å². The van der Waals surface area contributed by atoms with Crippen molar-refractivity contribution in [3.63, 3.8) is 0 Å². The summed E-state index contributed by atoms with van der Waals surface area (Å²) in [6, 6.07) is 0. The van der Waals surface area contributed by atoms with Crippen LogP contribution in [0.4, 0.5) is 5.69 Å². The molecule has 0 saturated carbocycles. The molecular weight excluding hydrogens is 226 g/mol. The predicted molar refractivity (Wildman–Crippen MR) is 58.1 cm³/mol. The predicted octanol–water partition coefficient (Wildman–Crippen LogP) is 1.78. The zero-order valence-corrected chi connectivity index (χ0v) is 9.42. The van der Waals surface area contributed by atoms with Gasteiger partial charge in [0.1, 0.15) is 5.69 Å². The van der Waals surface area contributed by atoms with Crippen molar-refractivity contribution in [1.29, 1.82) is 0 Å². The van der Waals surface area contributed by atoms with Gasteiger partial charge in [0.2, 0.25) is 5.69 Å². The van der Waals surface area contributed by atoms with Crippen molar-refractivity contribution in [2.45, 2.75) is 38.6 Å². The molecule has 0 bridgehead atoms. The minimum absolute atomic E-state index is 0.0292. The van der Waals surface area contributed by atoms with Gasteiger partial charge in [0.15, 0.2) is 0 Å². The van der Waals surface area contributed by atoms with Gasteiger partial charge >= 0.3 is 11.7 Å². The van der Waals surface area contributed by atoms with E-state index in [1.165, 1.54) is 4.68 Å². The number of aryl methyl sites for hydroxylation is 1. The molecular formula is C10H13N3O4. The highest BCUT2D eigenvalue weighted by Crippen LogP contribution is 2.35. The number of aromatic nitrogens is 2. The Balaban J connectivity index is 2.64. The van der Waals surface area contributed by atoms with Gasteiger partial charge in [-0.15, -0.1) is 0 Å². The summed E-state index contributed by atoms with van der Waals surface area (Å²) in [6.07, 6.45) is 2.67. The minimum Gasteiger partial charge on any atom is -0.476 e. The second-order valence-corrected chi connectivity index (χ2v) is 4.26. The molecule has 0 aliphatic carbocycles. The molecule has 7 heteroatoms. The molecule has 0 saturated heterocycles. The Labute approximate surface area is 97.2 Å². The summed E-state index contributed by atoms with van der Waals surface area (Å²) < 4.78 is 1.49. The van der Waals surface area contributed by atoms with E-state index in [-0.39, 0.29) is 11.6 Å². The Morgan fingerprint density at radius 2 is 2.29 bits per heavy atom. The largest absolute Gasteiger partial charge is 0.476 e. The summed E-state index contributed by atoms with van der Waals surface area (Å²) in [5.74, 6) is -1.37. The molecule has 0 amide bonds. The highest BCUT2D eigenvalue weighted by atomic mass is 16.6. The molecule has 2 heterocycles. The fourth-order valence-corrected chi connectivity index (χ4v) is 2.30. The lowest BCUT2D eigenvalue weighted by molar-refractivity contribution is -0.386. The molecule has 0 fully saturated rings. The molecule has 1 aromatic heterocycles. The van der Waals surface area contributed by atoms with Crippen molar-refractivity contribution in [2.24, 2.45) is 0 Å². The van der Waals surface area contributed by atoms with Gasteiger partial charge in [0.25, 0.3) is 0 Å². The number of nitro groups is 1. The van der Waals surface area contributed by atoms with Crippen LogP contribution in [-0.4, -0.2) is 25.8 Å². The molecule has 0 spiro atoms. The van der Waals surface area contributed by atoms with E-state index >= 15 is 0 Å². The van der Waals surface area contributed by atoms with Crippen molar-refractivity contribution < 1.29 is 14.8 Å². The topological polar surface area (TPSA) is 98.3 Å². The van der Waals surface area contributed by atoms with E-state index in [1.807, 2.05) is 6.92 Å². The van der Waals surface area contributed by atoms with Crippen LogP contribution in [0.15, 0.2) is 0 Å². The van der Waals surface area contributed by atoms with Crippen molar-refractivity contribution in [1.82, 2.24) is 9.78 Å². The van der Waals surface area contributed by atoms with Gasteiger partial charge in [-0.1, -0.05) is 13.3 Å². The summed E-state index contributed by atoms with van der Waals surface area (Å²) >= 11 is 0. The molecule has 0 aromatic carbocycles. The summed E-state index contributed by atoms with van der Waals surface area (Å²) in [4.78, 5) is 21.3. The van der Waals surface area contributed by atoms with Gasteiger partial charge in [-0.3, -0.25) is 14.8 Å². The summed E-state index contributed by atoms with van der Waals surface area (Å²) in [5, 5.41) is 23.8. The average molecular weight is 239 g/mol. The maximum Gasteiger partial charge on any atom is 0.363 e. The third-order valence-electron chi connectivity index (χ3n) is 3.07. The monoisotopic (exact) mass is 239 g/mol. The normalized spacial score (nSPS) is 19.5. The van der Waals surface area contributed by atoms with E-state index in [0.29, 0.717) is 12.2 Å². The average Bonchev–Trinajstić information content (AvgIpc) is 2.55. The fourth-order valence-electron chi connectivity index (χ4n) is 2.30. The number of carbonyl (C=O) groups is 1. The minimum atomic E-state index is -1.34. The number of hydrogen-bond acceptors (Lipinski definition) is 4. The van der Waals surface area contributed by atoms with E-state index < -0.39 is 16.6 Å². The van der Waals surface area contributed by atoms with Crippen LogP contribution in [0.25, 0.3) is 0 Å². The molecule has 1 atom stereocenters. The maximum atomic E-state index is 11.0. The molecule has 1 aliphatic heterocycles. The van der Waals surface area contributed by atoms with Gasteiger partial charge in [0, 0.05) is 12.5 Å². The van der Waals surface area contributed by atoms with Crippen LogP contribution in [-0.2, 0) is 6.54 Å². The first-order chi connectivity index (χ1) is 8.02. The van der Waals surface area contributed by atoms with Gasteiger partial charge in [0.05, 0.1) is 4.92 Å². The molecule has 1 N–H and O–H groups in total. The van der Waals surface area contributed by atoms with Crippen LogP contribution in [0.5, 0.6) is 0 Å². The lowest BCUT2D eigenvalue weighted by atomic mass is 10.0. The number of hydrogen-bond donors (Lipinski definition) is 1. The quantitative estimate of drug-likeness (QED) is 0.626. The van der Waals surface area contributed by atoms with Crippen LogP contribution >= 0.6 is 0 Å². The van der Waals surface area contributed by atoms with Crippen LogP contribution in [0, 0.1) is 10.1 Å². The number of rotatable bonds is 2. The third-order valence-corrected chi connectivity index (χ3v) is 3.07. The lowest BCUT2D eigenvalue weighted by Gasteiger charge is -2.07. The number of fused-ring (bicyclic) bond motifs is 1. The van der Waals surface area contributed by atoms with Crippen molar-refractivity contribution in [3.8, 4) is 0 Å². The Morgan fingerprint density at radius 1 is 1.59 bits per heavy atom. The third kappa shape index (κ3) is 1.88. The molecule has 17 heavy (non-hydrogen) atoms. The van der Waals surface area contributed by atoms with Crippen molar-refractivity contribution in [2.75, 3.05) is 0 Å². The summed E-state index contributed by atoms with van der Waals surface area (Å²) in [6.45, 7) is 2.42. The SMILES string of the molecule is CC1CCCCn2nc(C(=O)O)c([N+](=O)[O-])c21. The van der Waals surface area contributed by atoms with E-state index in [0.717, 1.165) is 19.3 Å². The molecule has 92 valence electrons. The highest BCUT2D eigenvalue weighted by Gasteiger charge is 2.35. The molecule has 1 aromatic rings. The van der Waals surface area contributed by atoms with E-state index in [4.69, 9.17) is 5.11 Å². The zero-order valence-electron chi connectivity index (χ0n) is 9.42. The van der Waals surface area contributed by atoms with E-state index in [1.54, 1.807) is 0 Å². The smallest absolute Gasteiger partial charge is 0.363 e. The van der Waals surface area contributed by atoms with Crippen LogP contribution in [0.2, 0.25) is 0 Å². The second-order valence-electron chi connectivity index (χ2n) is 4.26. The van der Waals surface area contributed by atoms with E-state index in [2.05, 4.69) is 5.10 Å². The standard InChI is InChI=1S/C10H13N3O4/c1-6-4-2-3-5-12-8(6)9(13(16)17)7(11-12)10(14)15/h6H,2-5H2,1H3,(H,14,15). The Hall–Kier alpha value is -1.92. The molecule has 2 rings (SSSR count). The summed E-state index contributed by atoms with van der Waals surface area (Å²) in [7, 11) is 0. The number of carboxylic acids is 1. The molecule has 1 unspecified atom stereocenters. The van der Waals surface area contributed by atoms with Gasteiger partial charge < -0.3 is 5.11 Å². The Bertz CT molecular complexity index is 480. The first-order valence-corrected chi connectivity index (χ1v) is 5.50. The number of aromatic carboxylic acids is 1. The molecule has 1 aliphatic rings. The van der Waals surface area contributed by atoms with Crippen molar-refractivity contribution in [3.05, 3.63) is 21.5 Å². The molecule has 7 nitrogen and oxygen atoms in total. The first kappa shape index (κ1) is 11.6. The molecule has 0 radical (unpaired) electrons. The maximum absolute atomic E-state index is 11.0. The highest BCUT2D eigenvalue weighted by molar-refractivity contribution is 5.90. The Kier molecular flexibility index (Phi) is 2.83. The van der Waals surface area contributed by atoms with Gasteiger partial charge in [-0.05, 0) is 12.8 Å². The van der Waals surface area contributed by atoms with E-state index in [9.17, 15) is 14.9 Å². The summed E-state index contributed by atoms with van der Waals surface area (Å²) in [5.41, 5.74) is -0.337. The van der Waals surface area contributed by atoms with Gasteiger partial charge in [-0.25, -0.2) is 4.79 Å². The first-order valence-electron chi connectivity index (χ1n) is 5.50. The number of nitrogens with zero attached hydrogens (tertiary/aromatic N) is 3. The fraction of sp³-hybridized carbons (Fsp3) is 0.600. The van der Waals surface area contributed by atoms with Gasteiger partial charge in [-0.2, -0.15) is 5.10 Å².